The van der Waals surface area contributed by atoms with Crippen LogP contribution in [0, 0.1) is 6.92 Å². The number of hydrogen-bond acceptors (Lipinski definition) is 3. The summed E-state index contributed by atoms with van der Waals surface area (Å²) >= 11 is 7.59. The molecule has 0 unspecified atom stereocenters. The molecule has 0 spiro atoms. The van der Waals surface area contributed by atoms with Crippen LogP contribution >= 0.6 is 22.9 Å². The molecular weight excluding hydrogens is 320 g/mol. The third-order valence-electron chi connectivity index (χ3n) is 3.46. The normalized spacial score (nSPS) is 12.2. The molecule has 120 valence electrons. The van der Waals surface area contributed by atoms with E-state index in [1.165, 1.54) is 0 Å². The van der Waals surface area contributed by atoms with Crippen LogP contribution in [0.25, 0.3) is 0 Å². The third kappa shape index (κ3) is 4.01. The number of aromatic nitrogens is 2. The van der Waals surface area contributed by atoms with Crippen LogP contribution in [-0.4, -0.2) is 27.5 Å². The van der Waals surface area contributed by atoms with E-state index >= 15 is 0 Å². The number of aryl methyl sites for hydroxylation is 2. The van der Waals surface area contributed by atoms with Crippen molar-refractivity contribution in [3.05, 3.63) is 39.1 Å². The quantitative estimate of drug-likeness (QED) is 0.901. The van der Waals surface area contributed by atoms with Crippen molar-refractivity contribution in [2.24, 2.45) is 7.05 Å². The zero-order valence-electron chi connectivity index (χ0n) is 13.3. The highest BCUT2D eigenvalue weighted by molar-refractivity contribution is 7.11. The van der Waals surface area contributed by atoms with E-state index in [9.17, 15) is 4.79 Å². The number of amides is 2. The summed E-state index contributed by atoms with van der Waals surface area (Å²) in [6.45, 7) is 4.56. The van der Waals surface area contributed by atoms with Crippen molar-refractivity contribution in [1.82, 2.24) is 19.8 Å². The first-order valence-corrected chi connectivity index (χ1v) is 8.34. The van der Waals surface area contributed by atoms with Gasteiger partial charge in [0.15, 0.2) is 0 Å². The minimum absolute atomic E-state index is 0.0503. The highest BCUT2D eigenvalue weighted by atomic mass is 35.5. The Hall–Kier alpha value is -1.53. The van der Waals surface area contributed by atoms with Crippen LogP contribution in [0.5, 0.6) is 0 Å². The highest BCUT2D eigenvalue weighted by Gasteiger charge is 2.19. The third-order valence-corrected chi connectivity index (χ3v) is 4.70. The van der Waals surface area contributed by atoms with Gasteiger partial charge < -0.3 is 14.8 Å². The summed E-state index contributed by atoms with van der Waals surface area (Å²) in [4.78, 5) is 19.5. The first kappa shape index (κ1) is 16.8. The first-order valence-electron chi connectivity index (χ1n) is 7.15. The summed E-state index contributed by atoms with van der Waals surface area (Å²) in [6, 6.07) is 1.70. The lowest BCUT2D eigenvalue weighted by Crippen LogP contribution is -2.39. The van der Waals surface area contributed by atoms with Crippen LogP contribution in [0.4, 0.5) is 4.79 Å². The lowest BCUT2D eigenvalue weighted by Gasteiger charge is -2.22. The van der Waals surface area contributed by atoms with E-state index in [1.807, 2.05) is 43.9 Å². The van der Waals surface area contributed by atoms with Crippen LogP contribution in [0.2, 0.25) is 5.02 Å². The molecule has 1 N–H and O–H groups in total. The van der Waals surface area contributed by atoms with Gasteiger partial charge in [-0.1, -0.05) is 18.5 Å². The van der Waals surface area contributed by atoms with Crippen LogP contribution in [0.15, 0.2) is 18.5 Å². The molecule has 7 heteroatoms. The van der Waals surface area contributed by atoms with E-state index in [1.54, 1.807) is 23.3 Å². The number of nitrogens with one attached hydrogen (secondary N) is 1. The van der Waals surface area contributed by atoms with Gasteiger partial charge in [0.2, 0.25) is 0 Å². The number of carbonyl (C=O) groups is 1. The average molecular weight is 341 g/mol. The number of halogens is 1. The lowest BCUT2D eigenvalue weighted by atomic mass is 10.2. The van der Waals surface area contributed by atoms with Gasteiger partial charge in [-0.15, -0.1) is 11.3 Å². The van der Waals surface area contributed by atoms with Crippen LogP contribution in [-0.2, 0) is 13.6 Å². The van der Waals surface area contributed by atoms with Gasteiger partial charge in [0.25, 0.3) is 0 Å². The standard InChI is InChI=1S/C15H21ClN4OS/c1-5-13(14-17-7-10(2)22-14)18-15(21)20(4)9-12-6-11(16)8-19(12)3/h6-8,13H,5,9H2,1-4H3,(H,18,21)/t13-/m0/s1. The molecule has 0 aromatic carbocycles. The molecule has 0 aliphatic carbocycles. The Kier molecular flexibility index (Phi) is 5.47. The second-order valence-corrected chi connectivity index (χ2v) is 7.04. The van der Waals surface area contributed by atoms with Crippen molar-refractivity contribution in [1.29, 1.82) is 0 Å². The monoisotopic (exact) mass is 340 g/mol. The Balaban J connectivity index is 1.99. The molecule has 2 amide bonds. The Morgan fingerprint density at radius 1 is 1.59 bits per heavy atom. The maximum atomic E-state index is 12.4. The number of nitrogens with zero attached hydrogens (tertiary/aromatic N) is 3. The minimum Gasteiger partial charge on any atom is -0.351 e. The number of rotatable bonds is 5. The second kappa shape index (κ2) is 7.15. The van der Waals surface area contributed by atoms with Gasteiger partial charge >= 0.3 is 6.03 Å². The van der Waals surface area contributed by atoms with Gasteiger partial charge in [0.05, 0.1) is 17.6 Å². The van der Waals surface area contributed by atoms with Crippen LogP contribution in [0.1, 0.15) is 35.0 Å². The number of hydrogen-bond donors (Lipinski definition) is 1. The van der Waals surface area contributed by atoms with Crippen molar-refractivity contribution < 1.29 is 4.79 Å². The molecule has 0 fully saturated rings. The number of urea groups is 1. The topological polar surface area (TPSA) is 50.2 Å². The average Bonchev–Trinajstić information content (AvgIpc) is 3.02. The van der Waals surface area contributed by atoms with Crippen LogP contribution < -0.4 is 5.32 Å². The molecular formula is C15H21ClN4OS. The highest BCUT2D eigenvalue weighted by Crippen LogP contribution is 2.22. The summed E-state index contributed by atoms with van der Waals surface area (Å²) in [5.74, 6) is 0. The zero-order valence-corrected chi connectivity index (χ0v) is 14.8. The number of thiazole rings is 1. The van der Waals surface area contributed by atoms with E-state index in [4.69, 9.17) is 11.6 Å². The van der Waals surface area contributed by atoms with Gasteiger partial charge in [-0.05, 0) is 19.4 Å². The molecule has 0 aliphatic rings. The molecule has 2 rings (SSSR count). The summed E-state index contributed by atoms with van der Waals surface area (Å²) < 4.78 is 1.92. The maximum Gasteiger partial charge on any atom is 0.318 e. The summed E-state index contributed by atoms with van der Waals surface area (Å²) in [7, 11) is 3.69. The van der Waals surface area contributed by atoms with Gasteiger partial charge in [-0.2, -0.15) is 0 Å². The Morgan fingerprint density at radius 3 is 2.82 bits per heavy atom. The van der Waals surface area contributed by atoms with E-state index in [2.05, 4.69) is 10.3 Å². The van der Waals surface area contributed by atoms with E-state index in [0.29, 0.717) is 11.6 Å². The molecule has 22 heavy (non-hydrogen) atoms. The summed E-state index contributed by atoms with van der Waals surface area (Å²) in [5.41, 5.74) is 0.987. The fraction of sp³-hybridized carbons (Fsp3) is 0.467. The molecule has 0 bridgehead atoms. The molecule has 0 aliphatic heterocycles. The Labute approximate surface area is 139 Å². The van der Waals surface area contributed by atoms with E-state index < -0.39 is 0 Å². The van der Waals surface area contributed by atoms with Crippen LogP contribution in [0.3, 0.4) is 0 Å². The second-order valence-electron chi connectivity index (χ2n) is 5.34. The fourth-order valence-corrected chi connectivity index (χ4v) is 3.35. The van der Waals surface area contributed by atoms with Crippen molar-refractivity contribution in [2.45, 2.75) is 32.9 Å². The first-order chi connectivity index (χ1) is 10.4. The van der Waals surface area contributed by atoms with E-state index in [0.717, 1.165) is 22.0 Å². The van der Waals surface area contributed by atoms with Crippen molar-refractivity contribution in [2.75, 3.05) is 7.05 Å². The predicted molar refractivity (Wildman–Crippen MR) is 90.3 cm³/mol. The predicted octanol–water partition coefficient (Wildman–Crippen LogP) is 3.74. The Morgan fingerprint density at radius 2 is 2.32 bits per heavy atom. The lowest BCUT2D eigenvalue weighted by molar-refractivity contribution is 0.201. The van der Waals surface area contributed by atoms with Gasteiger partial charge in [-0.25, -0.2) is 9.78 Å². The van der Waals surface area contributed by atoms with Gasteiger partial charge in [0.1, 0.15) is 5.01 Å². The van der Waals surface area contributed by atoms with Gasteiger partial charge in [0, 0.05) is 37.1 Å². The molecule has 5 nitrogen and oxygen atoms in total. The molecule has 0 saturated heterocycles. The molecule has 2 aromatic rings. The summed E-state index contributed by atoms with van der Waals surface area (Å²) in [6.07, 6.45) is 4.48. The minimum atomic E-state index is -0.114. The Bertz CT molecular complexity index is 652. The molecule has 2 aromatic heterocycles. The zero-order chi connectivity index (χ0) is 16.3. The molecule has 1 atom stereocenters. The van der Waals surface area contributed by atoms with Crippen molar-refractivity contribution in [3.63, 3.8) is 0 Å². The molecule has 2 heterocycles. The summed E-state index contributed by atoms with van der Waals surface area (Å²) in [5, 5.41) is 4.66. The molecule has 0 saturated carbocycles. The SMILES string of the molecule is CC[C@H](NC(=O)N(C)Cc1cc(Cl)cn1C)c1ncc(C)s1. The smallest absolute Gasteiger partial charge is 0.318 e. The van der Waals surface area contributed by atoms with Gasteiger partial charge in [-0.3, -0.25) is 0 Å². The fourth-order valence-electron chi connectivity index (χ4n) is 2.17. The van der Waals surface area contributed by atoms with Crippen molar-refractivity contribution in [3.8, 4) is 0 Å². The largest absolute Gasteiger partial charge is 0.351 e. The maximum absolute atomic E-state index is 12.4. The van der Waals surface area contributed by atoms with E-state index in [-0.39, 0.29) is 12.1 Å². The number of carbonyl (C=O) groups excluding carboxylic acids is 1. The van der Waals surface area contributed by atoms with Crippen molar-refractivity contribution >= 4 is 29.0 Å². The molecule has 0 radical (unpaired) electrons.